The number of carbonyl (C=O) groups excluding carboxylic acids is 1. The van der Waals surface area contributed by atoms with Crippen LogP contribution in [0.2, 0.25) is 0 Å². The van der Waals surface area contributed by atoms with Gasteiger partial charge in [-0.2, -0.15) is 0 Å². The molecular formula is C25H34FN3O2. The fourth-order valence-corrected chi connectivity index (χ4v) is 2.95. The molecule has 0 atom stereocenters. The fourth-order valence-electron chi connectivity index (χ4n) is 2.95. The van der Waals surface area contributed by atoms with Crippen molar-refractivity contribution in [2.45, 2.75) is 45.7 Å². The molecule has 0 saturated carbocycles. The minimum Gasteiger partial charge on any atom is -0.493 e. The Morgan fingerprint density at radius 3 is 2.58 bits per heavy atom. The highest BCUT2D eigenvalue weighted by molar-refractivity contribution is 5.74. The lowest BCUT2D eigenvalue weighted by molar-refractivity contribution is 0.127. The average Bonchev–Trinajstić information content (AvgIpc) is 3.02. The number of hydrogen-bond acceptors (Lipinski definition) is 3. The second kappa shape index (κ2) is 11.1. The van der Waals surface area contributed by atoms with Crippen LogP contribution in [0.1, 0.15) is 65.1 Å². The first-order chi connectivity index (χ1) is 23.0. The molecule has 1 saturated heterocycles. The minimum absolute atomic E-state index is 0.0144. The maximum Gasteiger partial charge on any atom is 0.318 e. The number of amides is 2. The summed E-state index contributed by atoms with van der Waals surface area (Å²) in [6.07, 6.45) is 0.128. The first-order valence-corrected chi connectivity index (χ1v) is 9.33. The van der Waals surface area contributed by atoms with E-state index in [9.17, 15) is 9.18 Å². The van der Waals surface area contributed by atoms with E-state index in [4.69, 9.17) is 32.2 Å². The van der Waals surface area contributed by atoms with Crippen LogP contribution in [0.4, 0.5) is 9.18 Å². The molecular weight excluding hydrogens is 393 g/mol. The molecule has 0 bridgehead atoms. The third-order valence-electron chi connectivity index (χ3n) is 4.47. The number of hydrogen-bond donors (Lipinski definition) is 1. The molecule has 3 rings (SSSR count). The number of rotatable bonds is 8. The summed E-state index contributed by atoms with van der Waals surface area (Å²) in [6.45, 7) is -15.4. The molecule has 0 aromatic heterocycles. The number of nitrogens with one attached hydrogen (secondary N) is 1. The van der Waals surface area contributed by atoms with Crippen molar-refractivity contribution in [1.82, 2.24) is 15.1 Å². The maximum absolute atomic E-state index is 14.2. The van der Waals surface area contributed by atoms with Crippen molar-refractivity contribution in [2.24, 2.45) is 5.89 Å². The molecule has 1 fully saturated rings. The molecule has 2 aromatic rings. The topological polar surface area (TPSA) is 44.8 Å². The number of piperidine rings is 1. The molecule has 1 N–H and O–H groups in total. The monoisotopic (exact) mass is 447 g/mol. The summed E-state index contributed by atoms with van der Waals surface area (Å²) in [5.41, 5.74) is -0.863. The van der Waals surface area contributed by atoms with E-state index in [0.29, 0.717) is 0 Å². The van der Waals surface area contributed by atoms with E-state index in [0.717, 1.165) is 4.90 Å². The zero-order valence-corrected chi connectivity index (χ0v) is 16.4. The van der Waals surface area contributed by atoms with Gasteiger partial charge in [0.05, 0.1) is 20.3 Å². The third kappa shape index (κ3) is 7.24. The van der Waals surface area contributed by atoms with E-state index in [1.165, 1.54) is 4.90 Å². The molecule has 168 valence electrons. The molecule has 0 radical (unpaired) electrons. The zero-order chi connectivity index (χ0) is 39.4. The Kier molecular flexibility index (Phi) is 3.02. The van der Waals surface area contributed by atoms with Crippen LogP contribution in [0.15, 0.2) is 48.3 Å². The van der Waals surface area contributed by atoms with Crippen molar-refractivity contribution in [3.63, 3.8) is 0 Å². The van der Waals surface area contributed by atoms with E-state index >= 15 is 0 Å². The normalized spacial score (nSPS) is 26.5. The second-order valence-electron chi connectivity index (χ2n) is 6.68. The van der Waals surface area contributed by atoms with Crippen molar-refractivity contribution in [3.05, 3.63) is 65.3 Å². The second-order valence-corrected chi connectivity index (χ2v) is 6.68. The van der Waals surface area contributed by atoms with Gasteiger partial charge in [-0.1, -0.05) is 37.9 Å². The van der Waals surface area contributed by atoms with E-state index in [1.807, 2.05) is 0 Å². The number of urea groups is 1. The van der Waals surface area contributed by atoms with Gasteiger partial charge in [-0.15, -0.1) is 0 Å². The summed E-state index contributed by atoms with van der Waals surface area (Å²) in [6, 6.07) is -9.32. The van der Waals surface area contributed by atoms with Crippen molar-refractivity contribution >= 4 is 6.03 Å². The smallest absolute Gasteiger partial charge is 0.318 e. The molecule has 6 heteroatoms. The molecule has 5 nitrogen and oxygen atoms in total. The average molecular weight is 448 g/mol. The van der Waals surface area contributed by atoms with E-state index in [-0.39, 0.29) is 31.5 Å². The largest absolute Gasteiger partial charge is 0.493 e. The van der Waals surface area contributed by atoms with Crippen LogP contribution in [0.5, 0.6) is 5.75 Å². The van der Waals surface area contributed by atoms with Crippen molar-refractivity contribution in [3.8, 4) is 5.75 Å². The van der Waals surface area contributed by atoms with Gasteiger partial charge in [0.25, 0.3) is 0 Å². The Balaban J connectivity index is 1.99. The van der Waals surface area contributed by atoms with Crippen molar-refractivity contribution in [2.75, 3.05) is 26.6 Å². The van der Waals surface area contributed by atoms with Gasteiger partial charge in [0.1, 0.15) is 11.6 Å². The van der Waals surface area contributed by atoms with Gasteiger partial charge in [0, 0.05) is 32.8 Å². The van der Waals surface area contributed by atoms with Crippen LogP contribution in [0.25, 0.3) is 0 Å². The fraction of sp³-hybridized carbons (Fsp3) is 0.480. The third-order valence-corrected chi connectivity index (χ3v) is 4.47. The van der Waals surface area contributed by atoms with Gasteiger partial charge in [0.15, 0.2) is 0 Å². The summed E-state index contributed by atoms with van der Waals surface area (Å²) in [4.78, 5) is 15.9. The van der Waals surface area contributed by atoms with Gasteiger partial charge in [0.2, 0.25) is 0 Å². The number of nitrogens with zero attached hydrogens (tertiary/aromatic N) is 2. The minimum atomic E-state index is -3.95. The first kappa shape index (κ1) is 8.39. The highest BCUT2D eigenvalue weighted by Crippen LogP contribution is 2.19. The number of likely N-dealkylation sites (tertiary alicyclic amines) is 1. The van der Waals surface area contributed by atoms with Crippen molar-refractivity contribution in [1.29, 1.82) is 0 Å². The molecule has 2 aromatic carbocycles. The predicted octanol–water partition coefficient (Wildman–Crippen LogP) is 4.67. The number of benzene rings is 2. The summed E-state index contributed by atoms with van der Waals surface area (Å²) < 4.78 is 177. The summed E-state index contributed by atoms with van der Waals surface area (Å²) in [5.74, 6) is -6.57. The molecule has 1 aliphatic rings. The SMILES string of the molecule is [2H]c1c([2H])c(CN(C(=O)NCc2c([2H])c([2H])c(OC([2H])([2H])C([2H])(C([2H])([2H])[2H])C([2H])([2H])[2H])c([2H])c2[2H])C2CCN(C([2H])([2H])[2H])CC2)c([2H])c([2H])c1F. The Hall–Kier alpha value is -2.60. The number of carbonyl (C=O) groups is 1. The predicted molar refractivity (Wildman–Crippen MR) is 121 cm³/mol. The molecule has 31 heavy (non-hydrogen) atoms. The summed E-state index contributed by atoms with van der Waals surface area (Å²) in [5, 5.41) is 2.38. The van der Waals surface area contributed by atoms with Crippen LogP contribution in [-0.2, 0) is 13.1 Å². The maximum atomic E-state index is 14.2. The Morgan fingerprint density at radius 2 is 1.94 bits per heavy atom. The quantitative estimate of drug-likeness (QED) is 0.640. The molecule has 1 aliphatic heterocycles. The molecule has 0 aliphatic carbocycles. The van der Waals surface area contributed by atoms with Gasteiger partial charge in [-0.05, 0) is 74.1 Å². The summed E-state index contributed by atoms with van der Waals surface area (Å²) in [7, 11) is 0. The molecule has 0 spiro atoms. The summed E-state index contributed by atoms with van der Waals surface area (Å²) >= 11 is 0. The van der Waals surface area contributed by atoms with Crippen molar-refractivity contribution < 1.29 is 41.3 Å². The van der Waals surface area contributed by atoms with E-state index < -0.39 is 124 Å². The van der Waals surface area contributed by atoms with Gasteiger partial charge in [-0.25, -0.2) is 9.18 Å². The molecule has 0 unspecified atom stereocenters. The van der Waals surface area contributed by atoms with Gasteiger partial charge < -0.3 is 19.9 Å². The van der Waals surface area contributed by atoms with Crippen LogP contribution in [-0.4, -0.2) is 48.5 Å². The van der Waals surface area contributed by atoms with Crippen LogP contribution < -0.4 is 10.1 Å². The van der Waals surface area contributed by atoms with E-state index in [2.05, 4.69) is 5.32 Å². The highest BCUT2D eigenvalue weighted by atomic mass is 19.1. The number of halogens is 1. The molecule has 2 amide bonds. The molecule has 1 heterocycles. The number of ether oxygens (including phenoxy) is 1. The lowest BCUT2D eigenvalue weighted by Gasteiger charge is -2.37. The highest BCUT2D eigenvalue weighted by Gasteiger charge is 2.27. The van der Waals surface area contributed by atoms with E-state index in [1.54, 1.807) is 0 Å². The Bertz CT molecular complexity index is 1580. The van der Waals surface area contributed by atoms with Gasteiger partial charge >= 0.3 is 6.03 Å². The van der Waals surface area contributed by atoms with Crippen LogP contribution >= 0.6 is 0 Å². The first-order valence-electron chi connectivity index (χ1n) is 19.3. The Morgan fingerprint density at radius 1 is 1.26 bits per heavy atom. The standard InChI is InChI=1S/C25H34FN3O2/c1-19(2)18-31-24-10-6-20(7-11-24)16-27-25(30)29(23-12-14-28(3)15-13-23)17-21-4-8-22(26)9-5-21/h4-11,19,23H,12-18H2,1-3H3,(H,27,30)/i1D3,2D3,3D3,4D,5D,6D,7D,8D,9D,10D,11D,18D2,19D. The Labute approximate surface area is 213 Å². The van der Waals surface area contributed by atoms with Crippen LogP contribution in [0, 0.1) is 11.7 Å². The van der Waals surface area contributed by atoms with Gasteiger partial charge in [-0.3, -0.25) is 0 Å². The van der Waals surface area contributed by atoms with Crippen LogP contribution in [0.3, 0.4) is 0 Å². The lowest BCUT2D eigenvalue weighted by atomic mass is 10.0. The zero-order valence-electron chi connectivity index (χ0n) is 36.4. The lowest BCUT2D eigenvalue weighted by Crippen LogP contribution is -2.49.